The van der Waals surface area contributed by atoms with Gasteiger partial charge in [0.1, 0.15) is 11.4 Å². The van der Waals surface area contributed by atoms with Gasteiger partial charge in [-0.05, 0) is 55.3 Å². The Labute approximate surface area is 163 Å². The highest BCUT2D eigenvalue weighted by atomic mass is 35.5. The largest absolute Gasteiger partial charge is 0.508 e. The van der Waals surface area contributed by atoms with Crippen molar-refractivity contribution in [3.8, 4) is 5.75 Å². The number of carbonyl (C=O) groups excluding carboxylic acids is 1. The Morgan fingerprint density at radius 3 is 2.37 bits per heavy atom. The van der Waals surface area contributed by atoms with Gasteiger partial charge < -0.3 is 15.2 Å². The van der Waals surface area contributed by atoms with E-state index in [1.165, 1.54) is 0 Å². The number of amides is 1. The molecule has 0 spiro atoms. The number of phenolic OH excluding ortho intramolecular Hbond substituents is 1. The Balaban J connectivity index is 2.11. The van der Waals surface area contributed by atoms with Crippen LogP contribution in [-0.2, 0) is 4.74 Å². The third-order valence-corrected chi connectivity index (χ3v) is 4.35. The monoisotopic (exact) mass is 383 g/mol. The summed E-state index contributed by atoms with van der Waals surface area (Å²) in [6, 6.07) is 17.8. The predicted molar refractivity (Wildman–Crippen MR) is 108 cm³/mol. The third-order valence-electron chi connectivity index (χ3n) is 4.10. The summed E-state index contributed by atoms with van der Waals surface area (Å²) >= 11 is 6.02. The van der Waals surface area contributed by atoms with Gasteiger partial charge in [0.15, 0.2) is 0 Å². The molecule has 3 aromatic rings. The van der Waals surface area contributed by atoms with Crippen molar-refractivity contribution in [2.45, 2.75) is 32.4 Å². The molecule has 1 amide bonds. The second-order valence-corrected chi connectivity index (χ2v) is 7.79. The molecule has 0 aromatic heterocycles. The number of benzene rings is 3. The van der Waals surface area contributed by atoms with E-state index >= 15 is 0 Å². The molecule has 0 fully saturated rings. The van der Waals surface area contributed by atoms with Crippen LogP contribution in [0.25, 0.3) is 10.8 Å². The van der Waals surface area contributed by atoms with E-state index in [2.05, 4.69) is 5.32 Å². The van der Waals surface area contributed by atoms with Crippen LogP contribution < -0.4 is 5.32 Å². The van der Waals surface area contributed by atoms with Crippen molar-refractivity contribution in [2.24, 2.45) is 0 Å². The number of hydrogen-bond donors (Lipinski definition) is 2. The zero-order valence-corrected chi connectivity index (χ0v) is 16.2. The molecule has 0 aliphatic rings. The van der Waals surface area contributed by atoms with Crippen molar-refractivity contribution in [1.82, 2.24) is 5.32 Å². The van der Waals surface area contributed by atoms with Crippen LogP contribution in [0.5, 0.6) is 5.75 Å². The fourth-order valence-corrected chi connectivity index (χ4v) is 3.12. The van der Waals surface area contributed by atoms with Crippen LogP contribution in [0.1, 0.15) is 37.9 Å². The first-order chi connectivity index (χ1) is 12.7. The van der Waals surface area contributed by atoms with Crippen LogP contribution >= 0.6 is 11.6 Å². The maximum Gasteiger partial charge on any atom is 0.408 e. The van der Waals surface area contributed by atoms with E-state index in [0.717, 1.165) is 16.3 Å². The van der Waals surface area contributed by atoms with E-state index in [4.69, 9.17) is 16.3 Å². The number of nitrogens with one attached hydrogen (secondary N) is 1. The highest BCUT2D eigenvalue weighted by Crippen LogP contribution is 2.36. The van der Waals surface area contributed by atoms with Crippen LogP contribution in [0, 0.1) is 0 Å². The molecule has 0 saturated carbocycles. The summed E-state index contributed by atoms with van der Waals surface area (Å²) in [5.41, 5.74) is 0.772. The molecular weight excluding hydrogens is 362 g/mol. The summed E-state index contributed by atoms with van der Waals surface area (Å²) in [4.78, 5) is 12.5. The summed E-state index contributed by atoms with van der Waals surface area (Å²) in [5, 5.41) is 15.9. The summed E-state index contributed by atoms with van der Waals surface area (Å²) in [6.45, 7) is 5.41. The normalized spacial score (nSPS) is 12.6. The van der Waals surface area contributed by atoms with Crippen molar-refractivity contribution in [3.05, 3.63) is 76.8 Å². The van der Waals surface area contributed by atoms with E-state index in [1.54, 1.807) is 39.0 Å². The zero-order valence-electron chi connectivity index (χ0n) is 15.5. The molecule has 0 aliphatic carbocycles. The number of hydrogen-bond acceptors (Lipinski definition) is 3. The van der Waals surface area contributed by atoms with Gasteiger partial charge in [-0.3, -0.25) is 0 Å². The lowest BCUT2D eigenvalue weighted by Gasteiger charge is -2.25. The minimum atomic E-state index is -0.630. The highest BCUT2D eigenvalue weighted by molar-refractivity contribution is 6.30. The van der Waals surface area contributed by atoms with Crippen LogP contribution in [0.2, 0.25) is 5.02 Å². The smallest absolute Gasteiger partial charge is 0.408 e. The lowest BCUT2D eigenvalue weighted by Crippen LogP contribution is -2.35. The number of rotatable bonds is 3. The predicted octanol–water partition coefficient (Wildman–Crippen LogP) is 5.81. The molecule has 0 aliphatic heterocycles. The number of alkyl carbamates (subject to hydrolysis) is 1. The van der Waals surface area contributed by atoms with Gasteiger partial charge in [0, 0.05) is 10.6 Å². The molecule has 0 saturated heterocycles. The van der Waals surface area contributed by atoms with Gasteiger partial charge in [-0.15, -0.1) is 0 Å². The number of fused-ring (bicyclic) bond motifs is 1. The van der Waals surface area contributed by atoms with Crippen molar-refractivity contribution >= 4 is 28.5 Å². The fourth-order valence-electron chi connectivity index (χ4n) is 2.99. The molecule has 1 atom stereocenters. The van der Waals surface area contributed by atoms with Crippen molar-refractivity contribution in [2.75, 3.05) is 0 Å². The molecule has 0 heterocycles. The van der Waals surface area contributed by atoms with Crippen LogP contribution in [-0.4, -0.2) is 16.8 Å². The first-order valence-corrected chi connectivity index (χ1v) is 9.08. The zero-order chi connectivity index (χ0) is 19.6. The van der Waals surface area contributed by atoms with E-state index in [-0.39, 0.29) is 5.75 Å². The summed E-state index contributed by atoms with van der Waals surface area (Å²) < 4.78 is 5.43. The molecule has 2 N–H and O–H groups in total. The Morgan fingerprint density at radius 2 is 1.70 bits per heavy atom. The number of aromatic hydroxyl groups is 1. The molecule has 4 nitrogen and oxygen atoms in total. The first kappa shape index (κ1) is 19.1. The van der Waals surface area contributed by atoms with Crippen molar-refractivity contribution in [1.29, 1.82) is 0 Å². The molecule has 140 valence electrons. The number of carbonyl (C=O) groups is 1. The molecule has 27 heavy (non-hydrogen) atoms. The first-order valence-electron chi connectivity index (χ1n) is 8.70. The fraction of sp³-hybridized carbons (Fsp3) is 0.227. The van der Waals surface area contributed by atoms with Crippen LogP contribution in [0.15, 0.2) is 60.7 Å². The number of halogens is 1. The quantitative estimate of drug-likeness (QED) is 0.599. The maximum absolute atomic E-state index is 12.5. The SMILES string of the molecule is CC(C)(C)OC(=O)NC(c1ccc(Cl)cc1)c1c(O)ccc2ccccc12. The summed E-state index contributed by atoms with van der Waals surface area (Å²) in [5.74, 6) is 0.102. The van der Waals surface area contributed by atoms with E-state index < -0.39 is 17.7 Å². The van der Waals surface area contributed by atoms with Crippen molar-refractivity contribution < 1.29 is 14.6 Å². The Kier molecular flexibility index (Phi) is 5.29. The third kappa shape index (κ3) is 4.52. The molecule has 3 rings (SSSR count). The molecule has 1 unspecified atom stereocenters. The van der Waals surface area contributed by atoms with Gasteiger partial charge in [0.05, 0.1) is 6.04 Å². The lowest BCUT2D eigenvalue weighted by molar-refractivity contribution is 0.0512. The Bertz CT molecular complexity index is 961. The van der Waals surface area contributed by atoms with Gasteiger partial charge in [0.25, 0.3) is 0 Å². The summed E-state index contributed by atoms with van der Waals surface area (Å²) in [6.07, 6.45) is -0.560. The van der Waals surface area contributed by atoms with Crippen LogP contribution in [0.3, 0.4) is 0 Å². The highest BCUT2D eigenvalue weighted by Gasteiger charge is 2.25. The second-order valence-electron chi connectivity index (χ2n) is 7.35. The van der Waals surface area contributed by atoms with Crippen LogP contribution in [0.4, 0.5) is 4.79 Å². The van der Waals surface area contributed by atoms with Gasteiger partial charge in [-0.25, -0.2) is 4.79 Å². The minimum absolute atomic E-state index is 0.102. The maximum atomic E-state index is 12.5. The van der Waals surface area contributed by atoms with Gasteiger partial charge in [-0.1, -0.05) is 54.1 Å². The Hall–Kier alpha value is -2.72. The topological polar surface area (TPSA) is 58.6 Å². The lowest BCUT2D eigenvalue weighted by atomic mass is 9.93. The second kappa shape index (κ2) is 7.49. The summed E-state index contributed by atoms with van der Waals surface area (Å²) in [7, 11) is 0. The standard InChI is InChI=1S/C22H22ClNO3/c1-22(2,3)27-21(26)24-20(15-8-11-16(23)12-9-15)19-17-7-5-4-6-14(17)10-13-18(19)25/h4-13,20,25H,1-3H3,(H,24,26). The molecule has 0 bridgehead atoms. The van der Waals surface area contributed by atoms with E-state index in [0.29, 0.717) is 10.6 Å². The van der Waals surface area contributed by atoms with Gasteiger partial charge in [0.2, 0.25) is 0 Å². The minimum Gasteiger partial charge on any atom is -0.508 e. The number of phenols is 1. The molecular formula is C22H22ClNO3. The van der Waals surface area contributed by atoms with Gasteiger partial charge in [-0.2, -0.15) is 0 Å². The van der Waals surface area contributed by atoms with Gasteiger partial charge >= 0.3 is 6.09 Å². The molecule has 3 aromatic carbocycles. The average molecular weight is 384 g/mol. The van der Waals surface area contributed by atoms with E-state index in [9.17, 15) is 9.90 Å². The van der Waals surface area contributed by atoms with Crippen molar-refractivity contribution in [3.63, 3.8) is 0 Å². The Morgan fingerprint density at radius 1 is 1.04 bits per heavy atom. The molecule has 5 heteroatoms. The number of ether oxygens (including phenoxy) is 1. The van der Waals surface area contributed by atoms with E-state index in [1.807, 2.05) is 42.5 Å². The molecule has 0 radical (unpaired) electrons. The average Bonchev–Trinajstić information content (AvgIpc) is 2.59.